The van der Waals surface area contributed by atoms with Crippen LogP contribution in [-0.4, -0.2) is 38.5 Å². The lowest BCUT2D eigenvalue weighted by Gasteiger charge is -2.11. The summed E-state index contributed by atoms with van der Waals surface area (Å²) in [7, 11) is 1.40. The maximum absolute atomic E-state index is 11.8. The topological polar surface area (TPSA) is 90.9 Å². The fourth-order valence-corrected chi connectivity index (χ4v) is 2.55. The summed E-state index contributed by atoms with van der Waals surface area (Å²) in [6.07, 6.45) is 0.659. The van der Waals surface area contributed by atoms with Crippen LogP contribution in [0.3, 0.4) is 0 Å². The third-order valence-electron chi connectivity index (χ3n) is 3.18. The lowest BCUT2D eigenvalue weighted by Crippen LogP contribution is -2.23. The number of hydrogen-bond acceptors (Lipinski definition) is 6. The number of anilines is 1. The molecule has 0 aromatic heterocycles. The molecular formula is C18H15Cl2NO6. The van der Waals surface area contributed by atoms with Crippen molar-refractivity contribution in [2.75, 3.05) is 25.6 Å². The van der Waals surface area contributed by atoms with Crippen LogP contribution < -0.4 is 14.8 Å². The normalized spacial score (nSPS) is 10.0. The first kappa shape index (κ1) is 20.5. The van der Waals surface area contributed by atoms with Crippen LogP contribution >= 0.6 is 23.2 Å². The molecule has 0 radical (unpaired) electrons. The molecule has 0 unspecified atom stereocenters. The minimum atomic E-state index is -0.754. The van der Waals surface area contributed by atoms with Crippen molar-refractivity contribution >= 4 is 47.1 Å². The van der Waals surface area contributed by atoms with Crippen LogP contribution in [0, 0.1) is 0 Å². The number of ether oxygens (including phenoxy) is 3. The Morgan fingerprint density at radius 3 is 2.37 bits per heavy atom. The van der Waals surface area contributed by atoms with Gasteiger partial charge in [0.05, 0.1) is 7.11 Å². The number of methoxy groups -OCH3 is 1. The molecule has 1 N–H and O–H groups in total. The second-order valence-electron chi connectivity index (χ2n) is 5.18. The Morgan fingerprint density at radius 1 is 1.04 bits per heavy atom. The van der Waals surface area contributed by atoms with E-state index in [9.17, 15) is 14.4 Å². The SMILES string of the molecule is COc1cc(C=O)ccc1OCC(=O)OCC(=O)Nc1cc(Cl)cc(Cl)c1. The van der Waals surface area contributed by atoms with Crippen LogP contribution in [0.15, 0.2) is 36.4 Å². The van der Waals surface area contributed by atoms with Crippen molar-refractivity contribution in [2.45, 2.75) is 0 Å². The van der Waals surface area contributed by atoms with Crippen LogP contribution in [0.25, 0.3) is 0 Å². The van der Waals surface area contributed by atoms with E-state index in [1.54, 1.807) is 0 Å². The summed E-state index contributed by atoms with van der Waals surface area (Å²) < 4.78 is 15.2. The van der Waals surface area contributed by atoms with Gasteiger partial charge in [-0.1, -0.05) is 23.2 Å². The maximum atomic E-state index is 11.8. The molecule has 0 bridgehead atoms. The number of benzene rings is 2. The predicted octanol–water partition coefficient (Wildman–Crippen LogP) is 3.38. The van der Waals surface area contributed by atoms with E-state index in [2.05, 4.69) is 5.32 Å². The smallest absolute Gasteiger partial charge is 0.344 e. The first-order chi connectivity index (χ1) is 12.9. The second-order valence-corrected chi connectivity index (χ2v) is 6.06. The van der Waals surface area contributed by atoms with Gasteiger partial charge in [-0.3, -0.25) is 9.59 Å². The monoisotopic (exact) mass is 411 g/mol. The van der Waals surface area contributed by atoms with Crippen molar-refractivity contribution in [3.8, 4) is 11.5 Å². The van der Waals surface area contributed by atoms with Crippen LogP contribution in [0.4, 0.5) is 5.69 Å². The highest BCUT2D eigenvalue weighted by Gasteiger charge is 2.12. The van der Waals surface area contributed by atoms with Gasteiger partial charge in [-0.2, -0.15) is 0 Å². The Morgan fingerprint density at radius 2 is 1.74 bits per heavy atom. The van der Waals surface area contributed by atoms with Crippen molar-refractivity contribution in [2.24, 2.45) is 0 Å². The number of carbonyl (C=O) groups is 3. The third-order valence-corrected chi connectivity index (χ3v) is 3.62. The van der Waals surface area contributed by atoms with Gasteiger partial charge in [0.15, 0.2) is 24.7 Å². The summed E-state index contributed by atoms with van der Waals surface area (Å²) in [6, 6.07) is 9.01. The first-order valence-corrected chi connectivity index (χ1v) is 8.34. The van der Waals surface area contributed by atoms with Gasteiger partial charge in [-0.15, -0.1) is 0 Å². The average molecular weight is 412 g/mol. The summed E-state index contributed by atoms with van der Waals surface area (Å²) in [4.78, 5) is 34.3. The molecule has 7 nitrogen and oxygen atoms in total. The third kappa shape index (κ3) is 6.47. The van der Waals surface area contributed by atoms with E-state index in [-0.39, 0.29) is 5.75 Å². The van der Waals surface area contributed by atoms with Crippen LogP contribution in [0.2, 0.25) is 10.0 Å². The highest BCUT2D eigenvalue weighted by molar-refractivity contribution is 6.35. The number of amides is 1. The molecule has 0 atom stereocenters. The highest BCUT2D eigenvalue weighted by atomic mass is 35.5. The number of aldehydes is 1. The van der Waals surface area contributed by atoms with Crippen LogP contribution in [0.5, 0.6) is 11.5 Å². The Balaban J connectivity index is 1.82. The van der Waals surface area contributed by atoms with Gasteiger partial charge in [0, 0.05) is 21.3 Å². The van der Waals surface area contributed by atoms with Crippen molar-refractivity contribution in [1.82, 2.24) is 0 Å². The van der Waals surface area contributed by atoms with Gasteiger partial charge < -0.3 is 19.5 Å². The largest absolute Gasteiger partial charge is 0.493 e. The number of hydrogen-bond donors (Lipinski definition) is 1. The van der Waals surface area contributed by atoms with Gasteiger partial charge in [0.1, 0.15) is 6.29 Å². The minimum absolute atomic E-state index is 0.262. The van der Waals surface area contributed by atoms with E-state index >= 15 is 0 Å². The van der Waals surface area contributed by atoms with Gasteiger partial charge >= 0.3 is 5.97 Å². The first-order valence-electron chi connectivity index (χ1n) is 7.59. The molecule has 27 heavy (non-hydrogen) atoms. The van der Waals surface area contributed by atoms with E-state index in [0.717, 1.165) is 0 Å². The fraction of sp³-hybridized carbons (Fsp3) is 0.167. The predicted molar refractivity (Wildman–Crippen MR) is 99.9 cm³/mol. The summed E-state index contributed by atoms with van der Waals surface area (Å²) in [5.41, 5.74) is 0.782. The van der Waals surface area contributed by atoms with Gasteiger partial charge in [-0.25, -0.2) is 4.79 Å². The van der Waals surface area contributed by atoms with Crippen molar-refractivity contribution < 1.29 is 28.6 Å². The van der Waals surface area contributed by atoms with E-state index in [1.807, 2.05) is 0 Å². The molecule has 9 heteroatoms. The number of halogens is 2. The van der Waals surface area contributed by atoms with E-state index in [1.165, 1.54) is 43.5 Å². The van der Waals surface area contributed by atoms with Crippen molar-refractivity contribution in [1.29, 1.82) is 0 Å². The maximum Gasteiger partial charge on any atom is 0.344 e. The molecule has 0 aliphatic heterocycles. The highest BCUT2D eigenvalue weighted by Crippen LogP contribution is 2.27. The second kappa shape index (κ2) is 9.80. The summed E-state index contributed by atoms with van der Waals surface area (Å²) in [5.74, 6) is -0.758. The molecule has 142 valence electrons. The zero-order chi connectivity index (χ0) is 19.8. The number of rotatable bonds is 8. The van der Waals surface area contributed by atoms with E-state index < -0.39 is 25.1 Å². The van der Waals surface area contributed by atoms with Crippen LogP contribution in [-0.2, 0) is 14.3 Å². The summed E-state index contributed by atoms with van der Waals surface area (Å²) in [6.45, 7) is -0.944. The molecule has 0 saturated carbocycles. The lowest BCUT2D eigenvalue weighted by molar-refractivity contribution is -0.149. The van der Waals surface area contributed by atoms with Gasteiger partial charge in [0.25, 0.3) is 5.91 Å². The molecular weight excluding hydrogens is 397 g/mol. The van der Waals surface area contributed by atoms with Crippen LogP contribution in [0.1, 0.15) is 10.4 Å². The zero-order valence-electron chi connectivity index (χ0n) is 14.2. The Labute approximate surface area is 165 Å². The molecule has 0 fully saturated rings. The fourth-order valence-electron chi connectivity index (χ4n) is 2.02. The van der Waals surface area contributed by atoms with Crippen molar-refractivity contribution in [3.63, 3.8) is 0 Å². The molecule has 2 rings (SSSR count). The van der Waals surface area contributed by atoms with E-state index in [4.69, 9.17) is 37.4 Å². The zero-order valence-corrected chi connectivity index (χ0v) is 15.7. The molecule has 0 spiro atoms. The molecule has 2 aromatic rings. The molecule has 0 heterocycles. The summed E-state index contributed by atoms with van der Waals surface area (Å²) >= 11 is 11.7. The Hall–Kier alpha value is -2.77. The standard InChI is InChI=1S/C18H15Cl2NO6/c1-25-16-4-11(8-22)2-3-15(16)26-10-18(24)27-9-17(23)21-14-6-12(19)5-13(20)7-14/h2-8H,9-10H2,1H3,(H,21,23). The number of carbonyl (C=O) groups excluding carboxylic acids is 3. The van der Waals surface area contributed by atoms with Crippen molar-refractivity contribution in [3.05, 3.63) is 52.0 Å². The number of esters is 1. The lowest BCUT2D eigenvalue weighted by atomic mass is 10.2. The Kier molecular flexibility index (Phi) is 7.45. The van der Waals surface area contributed by atoms with Gasteiger partial charge in [0.2, 0.25) is 0 Å². The summed E-state index contributed by atoms with van der Waals surface area (Å²) in [5, 5.41) is 3.22. The Bertz CT molecular complexity index is 835. The molecule has 2 aromatic carbocycles. The molecule has 0 aliphatic carbocycles. The molecule has 1 amide bonds. The number of nitrogens with one attached hydrogen (secondary N) is 1. The quantitative estimate of drug-likeness (QED) is 0.528. The molecule has 0 saturated heterocycles. The molecule has 0 aliphatic rings. The van der Waals surface area contributed by atoms with Gasteiger partial charge in [-0.05, 0) is 36.4 Å². The van der Waals surface area contributed by atoms with E-state index in [0.29, 0.717) is 33.3 Å². The minimum Gasteiger partial charge on any atom is -0.493 e. The average Bonchev–Trinajstić information content (AvgIpc) is 2.63.